The molecule has 3 amide bonds. The third-order valence-corrected chi connectivity index (χ3v) is 2.94. The standard InChI is InChI=1S/C12H11F6N3O2/c1-10(11(13,14)15,12(16,17)18)21-9(23)20-7-5-3-2-4-6(7)8(19)22/h2-5H,1H3,(H2,19,22)(H2,20,21,23). The highest BCUT2D eigenvalue weighted by molar-refractivity contribution is 6.02. The van der Waals surface area contributed by atoms with E-state index in [1.807, 2.05) is 0 Å². The summed E-state index contributed by atoms with van der Waals surface area (Å²) < 4.78 is 76.0. The van der Waals surface area contributed by atoms with Crippen LogP contribution in [0.4, 0.5) is 36.8 Å². The summed E-state index contributed by atoms with van der Waals surface area (Å²) >= 11 is 0. The van der Waals surface area contributed by atoms with E-state index in [0.717, 1.165) is 17.4 Å². The number of halogens is 6. The number of nitrogens with two attached hydrogens (primary N) is 1. The van der Waals surface area contributed by atoms with Crippen LogP contribution in [0.2, 0.25) is 0 Å². The molecule has 1 rings (SSSR count). The fourth-order valence-corrected chi connectivity index (χ4v) is 1.49. The van der Waals surface area contributed by atoms with E-state index in [9.17, 15) is 35.9 Å². The molecule has 0 aliphatic heterocycles. The van der Waals surface area contributed by atoms with Crippen molar-refractivity contribution in [2.45, 2.75) is 24.8 Å². The summed E-state index contributed by atoms with van der Waals surface area (Å²) in [6.07, 6.45) is -11.6. The first-order chi connectivity index (χ1) is 10.3. The quantitative estimate of drug-likeness (QED) is 0.738. The second-order valence-corrected chi connectivity index (χ2v) is 4.61. The Morgan fingerprint density at radius 2 is 1.48 bits per heavy atom. The second-order valence-electron chi connectivity index (χ2n) is 4.61. The van der Waals surface area contributed by atoms with Crippen molar-refractivity contribution in [2.24, 2.45) is 5.73 Å². The first kappa shape index (κ1) is 18.6. The lowest BCUT2D eigenvalue weighted by Crippen LogP contribution is -2.66. The summed E-state index contributed by atoms with van der Waals surface area (Å²) in [4.78, 5) is 22.6. The molecule has 0 radical (unpaired) electrons. The largest absolute Gasteiger partial charge is 0.420 e. The number of para-hydroxylation sites is 1. The molecule has 0 saturated carbocycles. The van der Waals surface area contributed by atoms with Crippen molar-refractivity contribution < 1.29 is 35.9 Å². The number of hydrogen-bond donors (Lipinski definition) is 3. The number of primary amides is 1. The van der Waals surface area contributed by atoms with E-state index in [0.29, 0.717) is 0 Å². The number of amides is 3. The lowest BCUT2D eigenvalue weighted by molar-refractivity contribution is -0.297. The Hall–Kier alpha value is -2.46. The van der Waals surface area contributed by atoms with Crippen LogP contribution in [-0.2, 0) is 0 Å². The van der Waals surface area contributed by atoms with Crippen molar-refractivity contribution in [3.63, 3.8) is 0 Å². The number of alkyl halides is 6. The lowest BCUT2D eigenvalue weighted by Gasteiger charge is -2.34. The fraction of sp³-hybridized carbons (Fsp3) is 0.333. The SMILES string of the molecule is CC(NC(=O)Nc1ccccc1C(N)=O)(C(F)(F)F)C(F)(F)F. The molecule has 11 heteroatoms. The second kappa shape index (κ2) is 5.97. The zero-order chi connectivity index (χ0) is 18.1. The summed E-state index contributed by atoms with van der Waals surface area (Å²) in [6.45, 7) is -0.216. The molecule has 0 aliphatic carbocycles. The van der Waals surface area contributed by atoms with E-state index >= 15 is 0 Å². The lowest BCUT2D eigenvalue weighted by atomic mass is 10.0. The number of hydrogen-bond acceptors (Lipinski definition) is 2. The highest BCUT2D eigenvalue weighted by Crippen LogP contribution is 2.42. The van der Waals surface area contributed by atoms with E-state index in [-0.39, 0.29) is 18.2 Å². The molecule has 0 saturated heterocycles. The maximum atomic E-state index is 12.7. The highest BCUT2D eigenvalue weighted by Gasteiger charge is 2.68. The van der Waals surface area contributed by atoms with Gasteiger partial charge in [-0.25, -0.2) is 4.79 Å². The minimum absolute atomic E-state index is 0.216. The first-order valence-electron chi connectivity index (χ1n) is 5.91. The Kier molecular flexibility index (Phi) is 4.83. The van der Waals surface area contributed by atoms with Crippen LogP contribution in [0, 0.1) is 0 Å². The summed E-state index contributed by atoms with van der Waals surface area (Å²) in [5, 5.41) is 2.58. The molecule has 0 unspecified atom stereocenters. The first-order valence-corrected chi connectivity index (χ1v) is 5.91. The van der Waals surface area contributed by atoms with Gasteiger partial charge in [-0.1, -0.05) is 12.1 Å². The molecule has 23 heavy (non-hydrogen) atoms. The van der Waals surface area contributed by atoms with E-state index in [1.54, 1.807) is 5.32 Å². The Morgan fingerprint density at radius 3 is 1.91 bits per heavy atom. The van der Waals surface area contributed by atoms with Gasteiger partial charge in [0.1, 0.15) is 0 Å². The minimum atomic E-state index is -5.79. The predicted octanol–water partition coefficient (Wildman–Crippen LogP) is 2.79. The van der Waals surface area contributed by atoms with Gasteiger partial charge in [0.15, 0.2) is 0 Å². The fourth-order valence-electron chi connectivity index (χ4n) is 1.49. The molecule has 0 aliphatic rings. The molecule has 1 aromatic rings. The van der Waals surface area contributed by atoms with Gasteiger partial charge in [0.25, 0.3) is 5.91 Å². The van der Waals surface area contributed by atoms with Gasteiger partial charge in [0, 0.05) is 0 Å². The maximum absolute atomic E-state index is 12.7. The van der Waals surface area contributed by atoms with Crippen molar-refractivity contribution in [3.05, 3.63) is 29.8 Å². The third-order valence-electron chi connectivity index (χ3n) is 2.94. The van der Waals surface area contributed by atoms with Crippen LogP contribution in [0.15, 0.2) is 24.3 Å². The van der Waals surface area contributed by atoms with Crippen LogP contribution < -0.4 is 16.4 Å². The van der Waals surface area contributed by atoms with Gasteiger partial charge in [-0.3, -0.25) is 4.79 Å². The molecule has 0 heterocycles. The molecule has 1 aromatic carbocycles. The van der Waals surface area contributed by atoms with Crippen molar-refractivity contribution in [1.82, 2.24) is 5.32 Å². The van der Waals surface area contributed by atoms with Gasteiger partial charge in [-0.05, 0) is 19.1 Å². The number of benzene rings is 1. The topological polar surface area (TPSA) is 84.2 Å². The average Bonchev–Trinajstić information content (AvgIpc) is 2.36. The van der Waals surface area contributed by atoms with E-state index < -0.39 is 29.8 Å². The number of anilines is 1. The number of carbonyl (C=O) groups excluding carboxylic acids is 2. The van der Waals surface area contributed by atoms with Crippen LogP contribution >= 0.6 is 0 Å². The van der Waals surface area contributed by atoms with Crippen molar-refractivity contribution >= 4 is 17.6 Å². The average molecular weight is 343 g/mol. The number of urea groups is 1. The maximum Gasteiger partial charge on any atom is 0.420 e. The van der Waals surface area contributed by atoms with Crippen molar-refractivity contribution in [3.8, 4) is 0 Å². The molecule has 0 atom stereocenters. The Balaban J connectivity index is 3.06. The summed E-state index contributed by atoms with van der Waals surface area (Å²) in [6, 6.07) is 3.09. The van der Waals surface area contributed by atoms with Gasteiger partial charge in [0.05, 0.1) is 11.3 Å². The molecule has 4 N–H and O–H groups in total. The number of rotatable bonds is 3. The van der Waals surface area contributed by atoms with Gasteiger partial charge < -0.3 is 16.4 Å². The Labute approximate surface area is 125 Å². The summed E-state index contributed by atoms with van der Waals surface area (Å²) in [5.41, 5.74) is -0.0852. The smallest absolute Gasteiger partial charge is 0.366 e. The number of carbonyl (C=O) groups is 2. The van der Waals surface area contributed by atoms with Crippen LogP contribution in [0.5, 0.6) is 0 Å². The summed E-state index contributed by atoms with van der Waals surface area (Å²) in [5.74, 6) is -1.02. The van der Waals surface area contributed by atoms with E-state index in [4.69, 9.17) is 5.73 Å². The Bertz CT molecular complexity index is 598. The van der Waals surface area contributed by atoms with Crippen LogP contribution in [0.1, 0.15) is 17.3 Å². The van der Waals surface area contributed by atoms with Gasteiger partial charge >= 0.3 is 18.4 Å². The summed E-state index contributed by atoms with van der Waals surface area (Å²) in [7, 11) is 0. The van der Waals surface area contributed by atoms with E-state index in [2.05, 4.69) is 0 Å². The highest BCUT2D eigenvalue weighted by atomic mass is 19.4. The van der Waals surface area contributed by atoms with Gasteiger partial charge in [-0.2, -0.15) is 26.3 Å². The third kappa shape index (κ3) is 3.85. The zero-order valence-corrected chi connectivity index (χ0v) is 11.5. The zero-order valence-electron chi connectivity index (χ0n) is 11.5. The molecule has 0 fully saturated rings. The molecule has 0 spiro atoms. The van der Waals surface area contributed by atoms with Crippen molar-refractivity contribution in [2.75, 3.05) is 5.32 Å². The van der Waals surface area contributed by atoms with Gasteiger partial charge in [-0.15, -0.1) is 0 Å². The molecular formula is C12H11F6N3O2. The van der Waals surface area contributed by atoms with Gasteiger partial charge in [0.2, 0.25) is 5.54 Å². The normalized spacial score (nSPS) is 12.7. The molecule has 0 bridgehead atoms. The van der Waals surface area contributed by atoms with Crippen LogP contribution in [0.25, 0.3) is 0 Å². The van der Waals surface area contributed by atoms with E-state index in [1.165, 1.54) is 12.1 Å². The molecule has 0 aromatic heterocycles. The number of nitrogens with one attached hydrogen (secondary N) is 2. The molecule has 5 nitrogen and oxygen atoms in total. The Morgan fingerprint density at radius 1 is 1.00 bits per heavy atom. The monoisotopic (exact) mass is 343 g/mol. The van der Waals surface area contributed by atoms with Crippen LogP contribution in [-0.4, -0.2) is 29.8 Å². The van der Waals surface area contributed by atoms with Crippen LogP contribution in [0.3, 0.4) is 0 Å². The predicted molar refractivity (Wildman–Crippen MR) is 67.6 cm³/mol. The molecule has 128 valence electrons. The molecular weight excluding hydrogens is 332 g/mol. The van der Waals surface area contributed by atoms with Crippen molar-refractivity contribution in [1.29, 1.82) is 0 Å². The minimum Gasteiger partial charge on any atom is -0.366 e.